The Hall–Kier alpha value is -2.58. The van der Waals surface area contributed by atoms with Gasteiger partial charge >= 0.3 is 0 Å². The van der Waals surface area contributed by atoms with E-state index in [0.29, 0.717) is 23.0 Å². The molecule has 1 aliphatic heterocycles. The number of likely N-dealkylation sites (tertiary alicyclic amines) is 1. The fourth-order valence-electron chi connectivity index (χ4n) is 3.78. The number of hydrogen-bond donors (Lipinski definition) is 1. The number of nitrogens with one attached hydrogen (secondary N) is 1. The lowest BCUT2D eigenvalue weighted by molar-refractivity contribution is -0.134. The molecule has 2 aromatic carbocycles. The summed E-state index contributed by atoms with van der Waals surface area (Å²) in [5.74, 6) is 2.15. The van der Waals surface area contributed by atoms with Crippen molar-refractivity contribution in [1.29, 1.82) is 0 Å². The number of thioether (sulfide) groups is 1. The second-order valence-corrected chi connectivity index (χ2v) is 9.86. The van der Waals surface area contributed by atoms with E-state index < -0.39 is 0 Å². The molecule has 2 atom stereocenters. The van der Waals surface area contributed by atoms with Crippen molar-refractivity contribution in [3.63, 3.8) is 0 Å². The van der Waals surface area contributed by atoms with E-state index in [1.54, 1.807) is 0 Å². The Morgan fingerprint density at radius 3 is 2.45 bits per heavy atom. The molecule has 1 amide bonds. The quantitative estimate of drug-likeness (QED) is 0.445. The van der Waals surface area contributed by atoms with Crippen molar-refractivity contribution in [3.8, 4) is 11.5 Å². The predicted molar refractivity (Wildman–Crippen MR) is 126 cm³/mol. The van der Waals surface area contributed by atoms with Gasteiger partial charge in [-0.3, -0.25) is 4.79 Å². The zero-order chi connectivity index (χ0) is 21.6. The van der Waals surface area contributed by atoms with Crippen molar-refractivity contribution in [2.24, 2.45) is 0 Å². The number of carbonyl (C=O) groups excluding carboxylic acids is 1. The molecule has 0 unspecified atom stereocenters. The Balaban J connectivity index is 1.29. The van der Waals surface area contributed by atoms with Crippen LogP contribution in [0.1, 0.15) is 33.1 Å². The standard InChI is InChI=1S/C23H26N4O2S2/c1-16-7-6-8-17(2)27(16)21(28)15-30-23-26-25-22(31-23)24-18-11-13-20(14-12-18)29-19-9-4-3-5-10-19/h3-5,9-14,16-17H,6-8,15H2,1-2H3,(H,24,25)/t16-,17-/m1/s1. The maximum atomic E-state index is 12.7. The second kappa shape index (κ2) is 10.2. The highest BCUT2D eigenvalue weighted by molar-refractivity contribution is 8.01. The zero-order valence-electron chi connectivity index (χ0n) is 17.7. The lowest BCUT2D eigenvalue weighted by Crippen LogP contribution is -2.48. The molecule has 2 heterocycles. The van der Waals surface area contributed by atoms with Gasteiger partial charge in [-0.25, -0.2) is 0 Å². The van der Waals surface area contributed by atoms with Crippen LogP contribution in [-0.4, -0.2) is 38.8 Å². The summed E-state index contributed by atoms with van der Waals surface area (Å²) in [6.45, 7) is 4.28. The van der Waals surface area contributed by atoms with E-state index in [9.17, 15) is 4.79 Å². The van der Waals surface area contributed by atoms with Crippen molar-refractivity contribution < 1.29 is 9.53 Å². The van der Waals surface area contributed by atoms with Gasteiger partial charge in [0.15, 0.2) is 4.34 Å². The maximum absolute atomic E-state index is 12.7. The Morgan fingerprint density at radius 2 is 1.74 bits per heavy atom. The van der Waals surface area contributed by atoms with Crippen molar-refractivity contribution in [1.82, 2.24) is 15.1 Å². The Bertz CT molecular complexity index is 984. The van der Waals surface area contributed by atoms with Crippen LogP contribution >= 0.6 is 23.1 Å². The van der Waals surface area contributed by atoms with Crippen molar-refractivity contribution in [3.05, 3.63) is 54.6 Å². The van der Waals surface area contributed by atoms with Crippen LogP contribution in [0.25, 0.3) is 0 Å². The molecular formula is C23H26N4O2S2. The van der Waals surface area contributed by atoms with E-state index in [-0.39, 0.29) is 5.91 Å². The van der Waals surface area contributed by atoms with Gasteiger partial charge in [-0.2, -0.15) is 0 Å². The smallest absolute Gasteiger partial charge is 0.233 e. The van der Waals surface area contributed by atoms with Crippen molar-refractivity contribution >= 4 is 39.8 Å². The third kappa shape index (κ3) is 5.77. The maximum Gasteiger partial charge on any atom is 0.233 e. The highest BCUT2D eigenvalue weighted by atomic mass is 32.2. The Morgan fingerprint density at radius 1 is 1.06 bits per heavy atom. The first-order chi connectivity index (χ1) is 15.1. The first-order valence-electron chi connectivity index (χ1n) is 10.5. The Kier molecular flexibility index (Phi) is 7.09. The molecule has 162 valence electrons. The van der Waals surface area contributed by atoms with Gasteiger partial charge in [0.05, 0.1) is 5.75 Å². The van der Waals surface area contributed by atoms with Gasteiger partial charge < -0.3 is 15.0 Å². The normalized spacial score (nSPS) is 18.6. The molecule has 1 saturated heterocycles. The number of carbonyl (C=O) groups is 1. The summed E-state index contributed by atoms with van der Waals surface area (Å²) in [6, 6.07) is 18.0. The molecule has 3 aromatic rings. The van der Waals surface area contributed by atoms with Crippen LogP contribution in [0, 0.1) is 0 Å². The van der Waals surface area contributed by atoms with Gasteiger partial charge in [0.1, 0.15) is 11.5 Å². The van der Waals surface area contributed by atoms with Crippen molar-refractivity contribution in [2.75, 3.05) is 11.1 Å². The molecule has 1 N–H and O–H groups in total. The summed E-state index contributed by atoms with van der Waals surface area (Å²) < 4.78 is 6.60. The summed E-state index contributed by atoms with van der Waals surface area (Å²) in [4.78, 5) is 14.7. The number of benzene rings is 2. The van der Waals surface area contributed by atoms with Crippen molar-refractivity contribution in [2.45, 2.75) is 49.5 Å². The van der Waals surface area contributed by atoms with Gasteiger partial charge in [-0.05, 0) is 69.5 Å². The molecule has 0 bridgehead atoms. The Labute approximate surface area is 191 Å². The number of anilines is 2. The van der Waals surface area contributed by atoms with Gasteiger partial charge in [0, 0.05) is 17.8 Å². The van der Waals surface area contributed by atoms with Gasteiger partial charge in [0.25, 0.3) is 0 Å². The molecule has 31 heavy (non-hydrogen) atoms. The summed E-state index contributed by atoms with van der Waals surface area (Å²) >= 11 is 2.91. The molecule has 8 heteroatoms. The van der Waals surface area contributed by atoms with Crippen LogP contribution in [0.3, 0.4) is 0 Å². The summed E-state index contributed by atoms with van der Waals surface area (Å²) in [7, 11) is 0. The van der Waals surface area contributed by atoms with Crippen LogP contribution in [-0.2, 0) is 4.79 Å². The number of piperidine rings is 1. The molecule has 0 aliphatic carbocycles. The van der Waals surface area contributed by atoms with Crippen LogP contribution in [0.5, 0.6) is 11.5 Å². The predicted octanol–water partition coefficient (Wildman–Crippen LogP) is 5.96. The minimum atomic E-state index is 0.184. The number of hydrogen-bond acceptors (Lipinski definition) is 7. The SMILES string of the molecule is C[C@@H]1CCC[C@@H](C)N1C(=O)CSc1nnc(Nc2ccc(Oc3ccccc3)cc2)s1. The molecule has 0 radical (unpaired) electrons. The molecule has 4 rings (SSSR count). The second-order valence-electron chi connectivity index (χ2n) is 7.66. The van der Waals surface area contributed by atoms with E-state index in [1.165, 1.54) is 29.5 Å². The van der Waals surface area contributed by atoms with E-state index in [1.807, 2.05) is 59.5 Å². The first-order valence-corrected chi connectivity index (χ1v) is 12.3. The van der Waals surface area contributed by atoms with E-state index in [0.717, 1.165) is 34.4 Å². The average Bonchev–Trinajstić information content (AvgIpc) is 3.22. The molecule has 6 nitrogen and oxygen atoms in total. The minimum absolute atomic E-state index is 0.184. The molecular weight excluding hydrogens is 428 g/mol. The van der Waals surface area contributed by atoms with Gasteiger partial charge in [0.2, 0.25) is 11.0 Å². The topological polar surface area (TPSA) is 67.4 Å². The number of aromatic nitrogens is 2. The number of nitrogens with zero attached hydrogens (tertiary/aromatic N) is 3. The number of amides is 1. The van der Waals surface area contributed by atoms with E-state index in [4.69, 9.17) is 4.74 Å². The fraction of sp³-hybridized carbons (Fsp3) is 0.348. The lowest BCUT2D eigenvalue weighted by Gasteiger charge is -2.39. The van der Waals surface area contributed by atoms with Gasteiger partial charge in [-0.15, -0.1) is 10.2 Å². The molecule has 1 aromatic heterocycles. The van der Waals surface area contributed by atoms with Crippen LogP contribution in [0.4, 0.5) is 10.8 Å². The summed E-state index contributed by atoms with van der Waals surface area (Å²) in [5.41, 5.74) is 0.903. The average molecular weight is 455 g/mol. The number of para-hydroxylation sites is 1. The molecule has 0 spiro atoms. The molecule has 1 aliphatic rings. The van der Waals surface area contributed by atoms with E-state index in [2.05, 4.69) is 29.4 Å². The minimum Gasteiger partial charge on any atom is -0.457 e. The largest absolute Gasteiger partial charge is 0.457 e. The fourth-order valence-corrected chi connectivity index (χ4v) is 5.43. The monoisotopic (exact) mass is 454 g/mol. The van der Waals surface area contributed by atoms with Gasteiger partial charge in [-0.1, -0.05) is 41.3 Å². The third-order valence-corrected chi connectivity index (χ3v) is 7.25. The van der Waals surface area contributed by atoms with Crippen LogP contribution in [0.2, 0.25) is 0 Å². The highest BCUT2D eigenvalue weighted by Crippen LogP contribution is 2.30. The van der Waals surface area contributed by atoms with Crippen LogP contribution in [0.15, 0.2) is 58.9 Å². The first kappa shape index (κ1) is 21.6. The summed E-state index contributed by atoms with van der Waals surface area (Å²) in [6.07, 6.45) is 3.37. The number of ether oxygens (including phenoxy) is 1. The highest BCUT2D eigenvalue weighted by Gasteiger charge is 2.28. The summed E-state index contributed by atoms with van der Waals surface area (Å²) in [5, 5.41) is 12.4. The zero-order valence-corrected chi connectivity index (χ0v) is 19.3. The lowest BCUT2D eigenvalue weighted by atomic mass is 9.98. The molecule has 0 saturated carbocycles. The van der Waals surface area contributed by atoms with Crippen LogP contribution < -0.4 is 10.1 Å². The molecule has 1 fully saturated rings. The third-order valence-electron chi connectivity index (χ3n) is 5.29. The van der Waals surface area contributed by atoms with E-state index >= 15 is 0 Å². The number of rotatable bonds is 7.